The van der Waals surface area contributed by atoms with Gasteiger partial charge in [-0.1, -0.05) is 0 Å². The molecule has 0 aliphatic carbocycles. The smallest absolute Gasteiger partial charge is 0.274 e. The number of rotatable bonds is 3. The zero-order valence-electron chi connectivity index (χ0n) is 16.9. The van der Waals surface area contributed by atoms with Crippen molar-refractivity contribution in [1.29, 1.82) is 0 Å². The lowest BCUT2D eigenvalue weighted by atomic mass is 10.2. The van der Waals surface area contributed by atoms with Crippen LogP contribution in [0.15, 0.2) is 41.7 Å². The Morgan fingerprint density at radius 2 is 1.79 bits per heavy atom. The van der Waals surface area contributed by atoms with Gasteiger partial charge in [0.05, 0.1) is 29.1 Å². The molecular weight excluding hydrogens is 368 g/mol. The Hall–Kier alpha value is -3.29. The zero-order valence-corrected chi connectivity index (χ0v) is 16.9. The fourth-order valence-electron chi connectivity index (χ4n) is 3.52. The van der Waals surface area contributed by atoms with Crippen molar-refractivity contribution in [3.05, 3.63) is 58.7 Å². The molecule has 0 saturated carbocycles. The highest BCUT2D eigenvalue weighted by molar-refractivity contribution is 5.92. The van der Waals surface area contributed by atoms with Crippen LogP contribution in [0.3, 0.4) is 0 Å². The van der Waals surface area contributed by atoms with Crippen molar-refractivity contribution < 1.29 is 4.79 Å². The minimum absolute atomic E-state index is 0.0221. The molecule has 0 spiro atoms. The summed E-state index contributed by atoms with van der Waals surface area (Å²) in [5.74, 6) is -0.0911. The van der Waals surface area contributed by atoms with Gasteiger partial charge in [0, 0.05) is 44.1 Å². The van der Waals surface area contributed by atoms with Gasteiger partial charge < -0.3 is 9.80 Å². The first-order chi connectivity index (χ1) is 13.9. The quantitative estimate of drug-likeness (QED) is 0.678. The van der Waals surface area contributed by atoms with Crippen LogP contribution in [0.25, 0.3) is 10.9 Å². The van der Waals surface area contributed by atoms with E-state index in [9.17, 15) is 9.59 Å². The van der Waals surface area contributed by atoms with E-state index in [0.29, 0.717) is 42.8 Å². The standard InChI is InChI=1S/C21H24N6O2/c1-14(2)27-13-24-18-10-16(4-5-17(18)20(27)28)25-6-8-26(9-7-25)21(29)19-12-22-15(3)11-23-19/h4-5,10-14H,6-9H2,1-3H3. The molecule has 2 aromatic heterocycles. The second-order valence-electron chi connectivity index (χ2n) is 7.57. The number of piperazine rings is 1. The second-order valence-corrected chi connectivity index (χ2v) is 7.57. The molecule has 8 nitrogen and oxygen atoms in total. The van der Waals surface area contributed by atoms with E-state index in [0.717, 1.165) is 11.4 Å². The Bertz CT molecular complexity index is 1100. The summed E-state index contributed by atoms with van der Waals surface area (Å²) in [4.78, 5) is 42.0. The van der Waals surface area contributed by atoms with Gasteiger partial charge in [0.25, 0.3) is 11.5 Å². The summed E-state index contributed by atoms with van der Waals surface area (Å²) in [5.41, 5.74) is 2.84. The lowest BCUT2D eigenvalue weighted by molar-refractivity contribution is 0.0740. The molecule has 1 aliphatic rings. The normalized spacial score (nSPS) is 14.6. The average molecular weight is 392 g/mol. The van der Waals surface area contributed by atoms with Crippen LogP contribution in [0.1, 0.15) is 36.1 Å². The van der Waals surface area contributed by atoms with Gasteiger partial charge in [0.1, 0.15) is 5.69 Å². The number of carbonyl (C=O) groups excluding carboxylic acids is 1. The van der Waals surface area contributed by atoms with Gasteiger partial charge in [-0.3, -0.25) is 19.1 Å². The van der Waals surface area contributed by atoms with Crippen LogP contribution < -0.4 is 10.5 Å². The third-order valence-electron chi connectivity index (χ3n) is 5.26. The summed E-state index contributed by atoms with van der Waals surface area (Å²) in [5, 5.41) is 0.622. The van der Waals surface area contributed by atoms with E-state index in [1.807, 2.05) is 39.0 Å². The molecule has 3 aromatic rings. The van der Waals surface area contributed by atoms with E-state index in [1.165, 1.54) is 6.20 Å². The molecule has 0 bridgehead atoms. The molecular formula is C21H24N6O2. The summed E-state index contributed by atoms with van der Waals surface area (Å²) in [6.07, 6.45) is 4.75. The topological polar surface area (TPSA) is 84.2 Å². The molecule has 150 valence electrons. The first kappa shape index (κ1) is 19.0. The molecule has 4 rings (SSSR count). The molecule has 1 amide bonds. The summed E-state index contributed by atoms with van der Waals surface area (Å²) in [6.45, 7) is 8.40. The van der Waals surface area contributed by atoms with Crippen molar-refractivity contribution in [3.8, 4) is 0 Å². The number of fused-ring (bicyclic) bond motifs is 1. The Balaban J connectivity index is 1.49. The van der Waals surface area contributed by atoms with Crippen molar-refractivity contribution >= 4 is 22.5 Å². The maximum absolute atomic E-state index is 12.6. The lowest BCUT2D eigenvalue weighted by Crippen LogP contribution is -2.49. The number of aryl methyl sites for hydroxylation is 1. The third kappa shape index (κ3) is 3.70. The number of benzene rings is 1. The minimum Gasteiger partial charge on any atom is -0.368 e. The lowest BCUT2D eigenvalue weighted by Gasteiger charge is -2.36. The van der Waals surface area contributed by atoms with Crippen LogP contribution in [0.2, 0.25) is 0 Å². The van der Waals surface area contributed by atoms with Gasteiger partial charge in [-0.05, 0) is 39.0 Å². The number of hydrogen-bond acceptors (Lipinski definition) is 6. The summed E-state index contributed by atoms with van der Waals surface area (Å²) >= 11 is 0. The maximum Gasteiger partial charge on any atom is 0.274 e. The van der Waals surface area contributed by atoms with Crippen LogP contribution in [-0.4, -0.2) is 56.5 Å². The third-order valence-corrected chi connectivity index (χ3v) is 5.26. The zero-order chi connectivity index (χ0) is 20.5. The SMILES string of the molecule is Cc1cnc(C(=O)N2CCN(c3ccc4c(=O)n(C(C)C)cnc4c3)CC2)cn1. The molecule has 1 aromatic carbocycles. The van der Waals surface area contributed by atoms with Gasteiger partial charge >= 0.3 is 0 Å². The predicted molar refractivity (Wildman–Crippen MR) is 111 cm³/mol. The molecule has 1 saturated heterocycles. The molecule has 8 heteroatoms. The monoisotopic (exact) mass is 392 g/mol. The van der Waals surface area contributed by atoms with E-state index in [2.05, 4.69) is 19.9 Å². The van der Waals surface area contributed by atoms with E-state index in [4.69, 9.17) is 0 Å². The number of amides is 1. The van der Waals surface area contributed by atoms with Crippen molar-refractivity contribution in [2.24, 2.45) is 0 Å². The van der Waals surface area contributed by atoms with Crippen molar-refractivity contribution in [2.45, 2.75) is 26.8 Å². The Labute approximate surface area is 168 Å². The average Bonchev–Trinajstić information content (AvgIpc) is 2.73. The molecule has 0 atom stereocenters. The number of aromatic nitrogens is 4. The van der Waals surface area contributed by atoms with Gasteiger partial charge in [-0.2, -0.15) is 0 Å². The number of hydrogen-bond donors (Lipinski definition) is 0. The van der Waals surface area contributed by atoms with E-state index in [1.54, 1.807) is 22.0 Å². The molecule has 1 aliphatic heterocycles. The van der Waals surface area contributed by atoms with Crippen LogP contribution in [0.4, 0.5) is 5.69 Å². The van der Waals surface area contributed by atoms with Crippen LogP contribution in [0, 0.1) is 6.92 Å². The molecule has 1 fully saturated rings. The summed E-state index contributed by atoms with van der Waals surface area (Å²) < 4.78 is 1.64. The highest BCUT2D eigenvalue weighted by atomic mass is 16.2. The number of nitrogens with zero attached hydrogens (tertiary/aromatic N) is 6. The highest BCUT2D eigenvalue weighted by Crippen LogP contribution is 2.21. The second kappa shape index (κ2) is 7.62. The van der Waals surface area contributed by atoms with Crippen molar-refractivity contribution in [1.82, 2.24) is 24.4 Å². The van der Waals surface area contributed by atoms with Crippen LogP contribution >= 0.6 is 0 Å². The molecule has 0 radical (unpaired) electrons. The first-order valence-electron chi connectivity index (χ1n) is 9.78. The van der Waals surface area contributed by atoms with Gasteiger partial charge in [0.15, 0.2) is 0 Å². The molecule has 3 heterocycles. The fraction of sp³-hybridized carbons (Fsp3) is 0.381. The van der Waals surface area contributed by atoms with Crippen molar-refractivity contribution in [2.75, 3.05) is 31.1 Å². The Kier molecular flexibility index (Phi) is 5.00. The molecule has 0 N–H and O–H groups in total. The molecule has 29 heavy (non-hydrogen) atoms. The van der Waals surface area contributed by atoms with E-state index in [-0.39, 0.29) is 17.5 Å². The Morgan fingerprint density at radius 1 is 1.03 bits per heavy atom. The van der Waals surface area contributed by atoms with E-state index >= 15 is 0 Å². The van der Waals surface area contributed by atoms with E-state index < -0.39 is 0 Å². The van der Waals surface area contributed by atoms with Crippen molar-refractivity contribution in [3.63, 3.8) is 0 Å². The maximum atomic E-state index is 12.6. The fourth-order valence-corrected chi connectivity index (χ4v) is 3.52. The first-order valence-corrected chi connectivity index (χ1v) is 9.78. The van der Waals surface area contributed by atoms with Gasteiger partial charge in [0.2, 0.25) is 0 Å². The highest BCUT2D eigenvalue weighted by Gasteiger charge is 2.23. The van der Waals surface area contributed by atoms with Gasteiger partial charge in [-0.25, -0.2) is 9.97 Å². The van der Waals surface area contributed by atoms with Crippen LogP contribution in [-0.2, 0) is 0 Å². The molecule has 0 unspecified atom stereocenters. The predicted octanol–water partition coefficient (Wildman–Crippen LogP) is 2.04. The largest absolute Gasteiger partial charge is 0.368 e. The number of anilines is 1. The summed E-state index contributed by atoms with van der Waals surface area (Å²) in [7, 11) is 0. The Morgan fingerprint density at radius 3 is 2.45 bits per heavy atom. The minimum atomic E-state index is -0.0911. The number of carbonyl (C=O) groups is 1. The van der Waals surface area contributed by atoms with Gasteiger partial charge in [-0.15, -0.1) is 0 Å². The summed E-state index contributed by atoms with van der Waals surface area (Å²) in [6, 6.07) is 5.82. The van der Waals surface area contributed by atoms with Crippen LogP contribution in [0.5, 0.6) is 0 Å².